The molecule has 0 spiro atoms. The SMILES string of the molecule is CC(C)c1ncc(CN(C)C(=O)N[C@@H](CCN2CCCCC2)C(=O)N[C@H](CCCNC(=O)OCc2cncs2)Cc2ccccc2)[nH]1.Cc1ccccc1. The van der Waals surface area contributed by atoms with Crippen molar-refractivity contribution in [3.05, 3.63) is 106 Å². The Labute approximate surface area is 324 Å². The molecule has 1 aliphatic rings. The summed E-state index contributed by atoms with van der Waals surface area (Å²) >= 11 is 1.43. The van der Waals surface area contributed by atoms with E-state index in [1.54, 1.807) is 29.9 Å². The van der Waals surface area contributed by atoms with Crippen LogP contribution in [0.3, 0.4) is 0 Å². The lowest BCUT2D eigenvalue weighted by Gasteiger charge is -2.30. The number of aryl methyl sites for hydroxylation is 1. The minimum Gasteiger partial charge on any atom is -0.444 e. The molecule has 4 amide bonds. The number of nitrogens with zero attached hydrogens (tertiary/aromatic N) is 4. The molecule has 0 bridgehead atoms. The summed E-state index contributed by atoms with van der Waals surface area (Å²) < 4.78 is 5.26. The predicted octanol–water partition coefficient (Wildman–Crippen LogP) is 6.80. The van der Waals surface area contributed by atoms with Crippen LogP contribution in [0, 0.1) is 6.92 Å². The number of piperidine rings is 1. The summed E-state index contributed by atoms with van der Waals surface area (Å²) in [5, 5.41) is 9.06. The van der Waals surface area contributed by atoms with Gasteiger partial charge in [-0.1, -0.05) is 86.5 Å². The third-order valence-electron chi connectivity index (χ3n) is 9.19. The lowest BCUT2D eigenvalue weighted by atomic mass is 10.0. The molecular weight excluding hydrogens is 701 g/mol. The standard InChI is InChI=1S/C34H50N8O4S.C7H8/c1-25(2)31-37-20-28(38-31)22-41(3)33(44)40-30(14-18-42-16-8-5-9-17-42)32(43)39-27(19-26-11-6-4-7-12-26)13-10-15-36-34(45)46-23-29-21-35-24-47-29;1-7-5-3-2-4-6-7/h4,6-7,11-12,20-21,24-25,27,30H,5,8-10,13-19,22-23H2,1-3H3,(H,36,45)(H,37,38)(H,39,43)(H,40,44);2-6H,1H3/t27-,30+;/m1./s1. The number of likely N-dealkylation sites (tertiary alicyclic amines) is 1. The van der Waals surface area contributed by atoms with Gasteiger partial charge in [0.2, 0.25) is 5.91 Å². The Hall–Kier alpha value is -4.75. The van der Waals surface area contributed by atoms with E-state index < -0.39 is 12.1 Å². The van der Waals surface area contributed by atoms with Crippen LogP contribution in [0.5, 0.6) is 0 Å². The van der Waals surface area contributed by atoms with E-state index in [2.05, 4.69) is 68.7 Å². The van der Waals surface area contributed by atoms with E-state index in [-0.39, 0.29) is 30.5 Å². The molecular formula is C41H58N8O4S. The van der Waals surface area contributed by atoms with Crippen LogP contribution in [0.2, 0.25) is 0 Å². The van der Waals surface area contributed by atoms with Crippen LogP contribution in [0.25, 0.3) is 0 Å². The molecule has 3 heterocycles. The lowest BCUT2D eigenvalue weighted by molar-refractivity contribution is -0.124. The molecule has 0 unspecified atom stereocenters. The minimum absolute atomic E-state index is 0.184. The number of aromatic nitrogens is 3. The molecule has 1 aliphatic heterocycles. The summed E-state index contributed by atoms with van der Waals surface area (Å²) in [7, 11) is 1.72. The van der Waals surface area contributed by atoms with E-state index in [0.29, 0.717) is 38.8 Å². The van der Waals surface area contributed by atoms with Gasteiger partial charge in [-0.05, 0) is 64.1 Å². The molecule has 54 heavy (non-hydrogen) atoms. The van der Waals surface area contributed by atoms with E-state index >= 15 is 0 Å². The van der Waals surface area contributed by atoms with Gasteiger partial charge >= 0.3 is 12.1 Å². The second-order valence-electron chi connectivity index (χ2n) is 14.2. The zero-order chi connectivity index (χ0) is 38.5. The van der Waals surface area contributed by atoms with Crippen molar-refractivity contribution in [3.8, 4) is 0 Å². The first-order valence-electron chi connectivity index (χ1n) is 19.1. The molecule has 5 rings (SSSR count). The average molecular weight is 759 g/mol. The molecule has 4 aromatic rings. The number of ether oxygens (including phenoxy) is 1. The Kier molecular flexibility index (Phi) is 18.0. The fourth-order valence-electron chi connectivity index (χ4n) is 6.10. The number of urea groups is 1. The number of aromatic amines is 1. The summed E-state index contributed by atoms with van der Waals surface area (Å²) in [6.45, 7) is 9.91. The maximum absolute atomic E-state index is 13.9. The molecule has 1 fully saturated rings. The van der Waals surface area contributed by atoms with Crippen molar-refractivity contribution < 1.29 is 19.1 Å². The number of hydrogen-bond acceptors (Lipinski definition) is 8. The van der Waals surface area contributed by atoms with Gasteiger partial charge in [0.15, 0.2) is 0 Å². The molecule has 13 heteroatoms. The summed E-state index contributed by atoms with van der Waals surface area (Å²) in [5.41, 5.74) is 4.96. The largest absolute Gasteiger partial charge is 0.444 e. The Bertz CT molecular complexity index is 1650. The number of carbonyl (C=O) groups is 3. The van der Waals surface area contributed by atoms with Gasteiger partial charge in [0, 0.05) is 38.3 Å². The number of H-pyrrole nitrogens is 1. The Morgan fingerprint density at radius 3 is 2.31 bits per heavy atom. The Morgan fingerprint density at radius 1 is 0.963 bits per heavy atom. The van der Waals surface area contributed by atoms with Gasteiger partial charge in [0.1, 0.15) is 18.5 Å². The number of hydrogen-bond donors (Lipinski definition) is 4. The summed E-state index contributed by atoms with van der Waals surface area (Å²) in [6, 6.07) is 19.1. The first-order chi connectivity index (χ1) is 26.2. The van der Waals surface area contributed by atoms with Crippen LogP contribution < -0.4 is 16.0 Å². The number of carbonyl (C=O) groups excluding carboxylic acids is 3. The zero-order valence-corrected chi connectivity index (χ0v) is 33.1. The zero-order valence-electron chi connectivity index (χ0n) is 32.3. The van der Waals surface area contributed by atoms with Crippen molar-refractivity contribution in [3.63, 3.8) is 0 Å². The third-order valence-corrected chi connectivity index (χ3v) is 9.94. The number of rotatable bonds is 17. The molecule has 1 saturated heterocycles. The van der Waals surface area contributed by atoms with Gasteiger partial charge in [0.25, 0.3) is 0 Å². The lowest BCUT2D eigenvalue weighted by Crippen LogP contribution is -2.53. The van der Waals surface area contributed by atoms with Gasteiger partial charge in [-0.25, -0.2) is 14.6 Å². The van der Waals surface area contributed by atoms with Gasteiger partial charge in [-0.2, -0.15) is 0 Å². The van der Waals surface area contributed by atoms with Crippen molar-refractivity contribution in [1.82, 2.24) is 40.7 Å². The number of thiazole rings is 1. The molecule has 4 N–H and O–H groups in total. The highest BCUT2D eigenvalue weighted by atomic mass is 32.1. The number of benzene rings is 2. The Balaban J connectivity index is 0.000000831. The van der Waals surface area contributed by atoms with Crippen molar-refractivity contribution in [1.29, 1.82) is 0 Å². The van der Waals surface area contributed by atoms with E-state index in [9.17, 15) is 14.4 Å². The van der Waals surface area contributed by atoms with Gasteiger partial charge in [-0.15, -0.1) is 11.3 Å². The van der Waals surface area contributed by atoms with Crippen LogP contribution in [-0.2, 0) is 29.1 Å². The fraction of sp³-hybridized carbons (Fsp3) is 0.488. The van der Waals surface area contributed by atoms with Gasteiger partial charge in [0.05, 0.1) is 28.8 Å². The number of amides is 4. The molecule has 0 saturated carbocycles. The van der Waals surface area contributed by atoms with Crippen LogP contribution in [-0.4, -0.2) is 88.1 Å². The highest BCUT2D eigenvalue weighted by Crippen LogP contribution is 2.14. The summed E-state index contributed by atoms with van der Waals surface area (Å²) in [6.07, 6.45) is 8.91. The maximum atomic E-state index is 13.9. The molecule has 12 nitrogen and oxygen atoms in total. The van der Waals surface area contributed by atoms with E-state index in [1.807, 2.05) is 48.5 Å². The normalized spacial score (nSPS) is 13.9. The monoisotopic (exact) mass is 758 g/mol. The molecule has 292 valence electrons. The molecule has 2 aromatic carbocycles. The van der Waals surface area contributed by atoms with Crippen LogP contribution >= 0.6 is 11.3 Å². The number of alkyl carbamates (subject to hydrolysis) is 1. The van der Waals surface area contributed by atoms with E-state index in [1.165, 1.54) is 23.3 Å². The van der Waals surface area contributed by atoms with E-state index in [4.69, 9.17) is 4.74 Å². The maximum Gasteiger partial charge on any atom is 0.407 e. The minimum atomic E-state index is -0.696. The molecule has 2 atom stereocenters. The highest BCUT2D eigenvalue weighted by molar-refractivity contribution is 7.09. The predicted molar refractivity (Wildman–Crippen MR) is 214 cm³/mol. The van der Waals surface area contributed by atoms with Crippen LogP contribution in [0.15, 0.2) is 78.6 Å². The van der Waals surface area contributed by atoms with Crippen LogP contribution in [0.1, 0.15) is 85.8 Å². The van der Waals surface area contributed by atoms with Gasteiger partial charge < -0.3 is 35.5 Å². The van der Waals surface area contributed by atoms with Crippen molar-refractivity contribution in [2.75, 3.05) is 33.2 Å². The smallest absolute Gasteiger partial charge is 0.407 e. The second kappa shape index (κ2) is 23.1. The highest BCUT2D eigenvalue weighted by Gasteiger charge is 2.26. The molecule has 0 aliphatic carbocycles. The summed E-state index contributed by atoms with van der Waals surface area (Å²) in [4.78, 5) is 55.9. The first-order valence-corrected chi connectivity index (χ1v) is 20.0. The topological polar surface area (TPSA) is 145 Å². The van der Waals surface area contributed by atoms with Crippen molar-refractivity contribution in [2.45, 2.75) is 96.9 Å². The number of nitrogens with one attached hydrogen (secondary N) is 4. The quantitative estimate of drug-likeness (QED) is 0.0867. The fourth-order valence-corrected chi connectivity index (χ4v) is 6.61. The van der Waals surface area contributed by atoms with Crippen molar-refractivity contribution in [2.24, 2.45) is 0 Å². The van der Waals surface area contributed by atoms with Crippen LogP contribution in [0.4, 0.5) is 9.59 Å². The third kappa shape index (κ3) is 15.7. The van der Waals surface area contributed by atoms with E-state index in [0.717, 1.165) is 54.4 Å². The Morgan fingerprint density at radius 2 is 1.69 bits per heavy atom. The first kappa shape index (κ1) is 42.0. The van der Waals surface area contributed by atoms with Gasteiger partial charge in [-0.3, -0.25) is 9.78 Å². The second-order valence-corrected chi connectivity index (χ2v) is 15.1. The van der Waals surface area contributed by atoms with Crippen molar-refractivity contribution >= 4 is 29.4 Å². The number of imidazole rings is 1. The summed E-state index contributed by atoms with van der Waals surface area (Å²) in [5.74, 6) is 0.929. The molecule has 0 radical (unpaired) electrons. The molecule has 2 aromatic heterocycles. The average Bonchev–Trinajstić information content (AvgIpc) is 3.88.